The van der Waals surface area contributed by atoms with Crippen LogP contribution in [0.5, 0.6) is 0 Å². The Morgan fingerprint density at radius 2 is 1.67 bits per heavy atom. The summed E-state index contributed by atoms with van der Waals surface area (Å²) >= 11 is 0. The number of hydrogen-bond acceptors (Lipinski definition) is 0. The molecule has 0 aromatic heterocycles. The van der Waals surface area contributed by atoms with Crippen molar-refractivity contribution in [3.8, 4) is 0 Å². The Morgan fingerprint density at radius 3 is 2.17 bits per heavy atom. The van der Waals surface area contributed by atoms with E-state index >= 15 is 0 Å². The molecule has 1 rings (SSSR count). The molecule has 0 saturated carbocycles. The highest BCUT2D eigenvalue weighted by atomic mass is 19.4. The van der Waals surface area contributed by atoms with E-state index in [1.807, 2.05) is 0 Å². The molecule has 0 atom stereocenters. The third-order valence-electron chi connectivity index (χ3n) is 1.18. The maximum Gasteiger partial charge on any atom is 0.430 e. The fraction of sp³-hybridized carbons (Fsp3) is 0.111. The van der Waals surface area contributed by atoms with Crippen molar-refractivity contribution >= 4 is 0 Å². The maximum atomic E-state index is 11.6. The lowest BCUT2D eigenvalue weighted by Gasteiger charge is -1.91. The summed E-state index contributed by atoms with van der Waals surface area (Å²) in [5, 5.41) is 0. The fourth-order valence-corrected chi connectivity index (χ4v) is 0.700. The number of rotatable bonds is 1. The number of allylic oxidation sites excluding steroid dienone is 1. The van der Waals surface area contributed by atoms with Gasteiger partial charge in [-0.05, 0) is 18.2 Å². The van der Waals surface area contributed by atoms with E-state index < -0.39 is 6.18 Å². The monoisotopic (exact) mass is 171 g/mol. The largest absolute Gasteiger partial charge is 0.430 e. The van der Waals surface area contributed by atoms with E-state index in [-0.39, 0.29) is 6.08 Å². The maximum absolute atomic E-state index is 11.6. The highest BCUT2D eigenvalue weighted by Gasteiger charge is 2.25. The van der Waals surface area contributed by atoms with Crippen LogP contribution in [-0.2, 0) is 0 Å². The molecule has 0 radical (unpaired) electrons. The lowest BCUT2D eigenvalue weighted by atomic mass is 10.2. The van der Waals surface area contributed by atoms with Gasteiger partial charge in [0.25, 0.3) is 0 Å². The van der Waals surface area contributed by atoms with E-state index in [2.05, 4.69) is 6.08 Å². The van der Waals surface area contributed by atoms with Crippen LogP contribution in [0.1, 0.15) is 5.56 Å². The average molecular weight is 171 g/mol. The second-order valence-electron chi connectivity index (χ2n) is 2.20. The Labute approximate surface area is 68.3 Å². The van der Waals surface area contributed by atoms with Crippen LogP contribution in [0, 0.1) is 6.08 Å². The Morgan fingerprint density at radius 1 is 1.08 bits per heavy atom. The van der Waals surface area contributed by atoms with Gasteiger partial charge in [0.2, 0.25) is 0 Å². The predicted octanol–water partition coefficient (Wildman–Crippen LogP) is 2.96. The van der Waals surface area contributed by atoms with Crippen LogP contribution >= 0.6 is 0 Å². The first-order chi connectivity index (χ1) is 5.58. The highest BCUT2D eigenvalue weighted by molar-refractivity contribution is 5.22. The normalized spacial score (nSPS) is 11.6. The minimum Gasteiger partial charge on any atom is -0.165 e. The Hall–Kier alpha value is -1.34. The second kappa shape index (κ2) is 3.37. The molecule has 1 aromatic carbocycles. The van der Waals surface area contributed by atoms with E-state index in [4.69, 9.17) is 0 Å². The molecule has 3 heteroatoms. The van der Waals surface area contributed by atoms with E-state index in [9.17, 15) is 13.2 Å². The van der Waals surface area contributed by atoms with Gasteiger partial charge in [0, 0.05) is 0 Å². The first-order valence-electron chi connectivity index (χ1n) is 3.30. The standard InChI is InChI=1S/C9H6F3/c10-9(11,12)7-6-8-4-2-1-3-5-8/h1-5,7H/q+1. The summed E-state index contributed by atoms with van der Waals surface area (Å²) in [7, 11) is 0. The Bertz CT molecular complexity index is 259. The van der Waals surface area contributed by atoms with E-state index in [1.165, 1.54) is 0 Å². The zero-order valence-corrected chi connectivity index (χ0v) is 6.10. The summed E-state index contributed by atoms with van der Waals surface area (Å²) < 4.78 is 34.9. The van der Waals surface area contributed by atoms with Gasteiger partial charge in [-0.1, -0.05) is 0 Å². The van der Waals surface area contributed by atoms with E-state index in [0.717, 1.165) is 0 Å². The second-order valence-corrected chi connectivity index (χ2v) is 2.20. The summed E-state index contributed by atoms with van der Waals surface area (Å²) in [6.07, 6.45) is -2.05. The third-order valence-corrected chi connectivity index (χ3v) is 1.18. The SMILES string of the molecule is FC(F)(F)C=[C+]c1ccccc1. The number of alkyl halides is 3. The first-order valence-corrected chi connectivity index (χ1v) is 3.30. The molecular formula is C9H6F3+. The summed E-state index contributed by atoms with van der Waals surface area (Å²) in [6, 6.07) is 8.17. The highest BCUT2D eigenvalue weighted by Crippen LogP contribution is 2.16. The minimum atomic E-state index is -4.28. The van der Waals surface area contributed by atoms with Crippen molar-refractivity contribution in [1.29, 1.82) is 0 Å². The zero-order valence-electron chi connectivity index (χ0n) is 6.10. The molecule has 0 aliphatic carbocycles. The summed E-state index contributed by atoms with van der Waals surface area (Å²) in [4.78, 5) is 0. The van der Waals surface area contributed by atoms with Crippen LogP contribution in [0.3, 0.4) is 0 Å². The van der Waals surface area contributed by atoms with Crippen LogP contribution in [0.25, 0.3) is 0 Å². The molecule has 12 heavy (non-hydrogen) atoms. The average Bonchev–Trinajstić information content (AvgIpc) is 2.02. The molecule has 0 amide bonds. The molecule has 0 heterocycles. The minimum absolute atomic E-state index is 0.0995. The van der Waals surface area contributed by atoms with Crippen molar-refractivity contribution in [1.82, 2.24) is 0 Å². The van der Waals surface area contributed by atoms with Crippen molar-refractivity contribution in [2.24, 2.45) is 0 Å². The lowest BCUT2D eigenvalue weighted by molar-refractivity contribution is -0.0802. The quantitative estimate of drug-likeness (QED) is 0.570. The molecule has 0 saturated heterocycles. The zero-order chi connectivity index (χ0) is 9.03. The Kier molecular flexibility index (Phi) is 2.46. The first kappa shape index (κ1) is 8.75. The molecule has 62 valence electrons. The number of halogens is 3. The Balaban J connectivity index is 2.71. The van der Waals surface area contributed by atoms with Gasteiger partial charge < -0.3 is 0 Å². The summed E-state index contributed by atoms with van der Waals surface area (Å²) in [5.74, 6) is 0. The molecule has 0 aliphatic rings. The van der Waals surface area contributed by atoms with Gasteiger partial charge in [0.05, 0.1) is 18.2 Å². The van der Waals surface area contributed by atoms with E-state index in [0.29, 0.717) is 5.56 Å². The molecule has 1 aromatic rings. The van der Waals surface area contributed by atoms with Crippen molar-refractivity contribution < 1.29 is 13.2 Å². The van der Waals surface area contributed by atoms with Gasteiger partial charge in [-0.3, -0.25) is 0 Å². The van der Waals surface area contributed by atoms with Crippen LogP contribution in [-0.4, -0.2) is 6.18 Å². The van der Waals surface area contributed by atoms with Gasteiger partial charge in [-0.25, -0.2) is 0 Å². The van der Waals surface area contributed by atoms with Gasteiger partial charge in [0.1, 0.15) is 6.08 Å². The molecule has 0 fully saturated rings. The van der Waals surface area contributed by atoms with Crippen molar-refractivity contribution in [3.63, 3.8) is 0 Å². The predicted molar refractivity (Wildman–Crippen MR) is 39.4 cm³/mol. The smallest absolute Gasteiger partial charge is 0.165 e. The van der Waals surface area contributed by atoms with E-state index in [1.54, 1.807) is 30.3 Å². The molecule has 0 aliphatic heterocycles. The summed E-state index contributed by atoms with van der Waals surface area (Å²) in [6.45, 7) is 0. The van der Waals surface area contributed by atoms with Crippen LogP contribution in [0.4, 0.5) is 13.2 Å². The molecule has 0 spiro atoms. The molecule has 0 bridgehead atoms. The topological polar surface area (TPSA) is 0 Å². The van der Waals surface area contributed by atoms with Crippen molar-refractivity contribution in [3.05, 3.63) is 48.0 Å². The third kappa shape index (κ3) is 3.17. The number of hydrogen-bond donors (Lipinski definition) is 0. The van der Waals surface area contributed by atoms with Crippen LogP contribution < -0.4 is 0 Å². The molecule has 0 N–H and O–H groups in total. The van der Waals surface area contributed by atoms with Crippen LogP contribution in [0.2, 0.25) is 0 Å². The fourth-order valence-electron chi connectivity index (χ4n) is 0.700. The van der Waals surface area contributed by atoms with Gasteiger partial charge in [-0.15, -0.1) is 0 Å². The van der Waals surface area contributed by atoms with Gasteiger partial charge in [0.15, 0.2) is 5.56 Å². The number of benzene rings is 1. The van der Waals surface area contributed by atoms with Crippen molar-refractivity contribution in [2.45, 2.75) is 6.18 Å². The van der Waals surface area contributed by atoms with Crippen molar-refractivity contribution in [2.75, 3.05) is 0 Å². The summed E-state index contributed by atoms with van der Waals surface area (Å²) in [5.41, 5.74) is 0.426. The van der Waals surface area contributed by atoms with Gasteiger partial charge in [-0.2, -0.15) is 13.2 Å². The molecule has 0 nitrogen and oxygen atoms in total. The molecular weight excluding hydrogens is 165 g/mol. The molecule has 0 unspecified atom stereocenters. The van der Waals surface area contributed by atoms with Gasteiger partial charge >= 0.3 is 6.18 Å². The lowest BCUT2D eigenvalue weighted by Crippen LogP contribution is -2.00. The van der Waals surface area contributed by atoms with Crippen LogP contribution in [0.15, 0.2) is 36.4 Å².